The van der Waals surface area contributed by atoms with Crippen LogP contribution in [-0.4, -0.2) is 49.4 Å². The van der Waals surface area contributed by atoms with Gasteiger partial charge in [-0.05, 0) is 43.7 Å². The summed E-state index contributed by atoms with van der Waals surface area (Å²) < 4.78 is 28.5. The van der Waals surface area contributed by atoms with Crippen molar-refractivity contribution in [3.8, 4) is 0 Å². The number of hydrogen-bond donors (Lipinski definition) is 2. The quantitative estimate of drug-likeness (QED) is 0.508. The van der Waals surface area contributed by atoms with E-state index in [1.165, 1.54) is 12.1 Å². The lowest BCUT2D eigenvalue weighted by Crippen LogP contribution is -2.48. The van der Waals surface area contributed by atoms with Crippen LogP contribution >= 0.6 is 0 Å². The first-order valence-electron chi connectivity index (χ1n) is 9.63. The normalized spacial score (nSPS) is 19.1. The molecule has 2 aromatic carbocycles. The predicted molar refractivity (Wildman–Crippen MR) is 114 cm³/mol. The molecule has 3 rings (SSSR count). The Hall–Kier alpha value is -3.02. The molecule has 1 saturated heterocycles. The van der Waals surface area contributed by atoms with Gasteiger partial charge in [0.25, 0.3) is 11.6 Å². The molecule has 0 aliphatic carbocycles. The predicted octanol–water partition coefficient (Wildman–Crippen LogP) is 2.10. The van der Waals surface area contributed by atoms with Crippen LogP contribution in [0.2, 0.25) is 0 Å². The number of nitro groups is 1. The minimum Gasteiger partial charge on any atom is -0.375 e. The summed E-state index contributed by atoms with van der Waals surface area (Å²) in [7, 11) is -4.05. The number of morpholine rings is 1. The molecular weight excluding hydrogens is 424 g/mol. The fourth-order valence-corrected chi connectivity index (χ4v) is 4.01. The van der Waals surface area contributed by atoms with Crippen LogP contribution in [0.4, 0.5) is 11.4 Å². The molecule has 0 spiro atoms. The second-order valence-electron chi connectivity index (χ2n) is 7.50. The Morgan fingerprint density at radius 1 is 1.19 bits per heavy atom. The van der Waals surface area contributed by atoms with Gasteiger partial charge in [-0.25, -0.2) is 13.6 Å². The summed E-state index contributed by atoms with van der Waals surface area (Å²) in [5.74, 6) is -0.0734. The maximum Gasteiger partial charge on any atom is 0.293 e. The number of carbonyl (C=O) groups is 1. The Balaban J connectivity index is 1.69. The first-order chi connectivity index (χ1) is 14.5. The fourth-order valence-electron chi connectivity index (χ4n) is 3.48. The molecule has 0 saturated carbocycles. The van der Waals surface area contributed by atoms with Gasteiger partial charge in [-0.1, -0.05) is 12.1 Å². The Morgan fingerprint density at radius 2 is 1.81 bits per heavy atom. The van der Waals surface area contributed by atoms with Gasteiger partial charge in [0, 0.05) is 31.3 Å². The second kappa shape index (κ2) is 9.00. The summed E-state index contributed by atoms with van der Waals surface area (Å²) in [5.41, 5.74) is 1.11. The average Bonchev–Trinajstić information content (AvgIpc) is 2.70. The van der Waals surface area contributed by atoms with Gasteiger partial charge in [0.05, 0.1) is 22.0 Å². The summed E-state index contributed by atoms with van der Waals surface area (Å²) in [6, 6.07) is 10.4. The lowest BCUT2D eigenvalue weighted by molar-refractivity contribution is -0.384. The molecule has 11 heteroatoms. The van der Waals surface area contributed by atoms with Gasteiger partial charge in [0.2, 0.25) is 10.0 Å². The standard InChI is InChI=1S/C20H24N4O6S/c1-13-11-23(12-14(2)30-13)20(25)16-5-3-15(4-6-16)10-22-18-8-7-17(31(21,28)29)9-19(18)24(26)27/h3-9,13-14,22H,10-12H2,1-2H3,(H2,21,28,29). The highest BCUT2D eigenvalue weighted by Crippen LogP contribution is 2.27. The van der Waals surface area contributed by atoms with E-state index in [0.29, 0.717) is 18.7 Å². The number of nitrogens with zero attached hydrogens (tertiary/aromatic N) is 2. The largest absolute Gasteiger partial charge is 0.375 e. The lowest BCUT2D eigenvalue weighted by Gasteiger charge is -2.35. The minimum atomic E-state index is -4.05. The highest BCUT2D eigenvalue weighted by molar-refractivity contribution is 7.89. The third kappa shape index (κ3) is 5.57. The van der Waals surface area contributed by atoms with Crippen molar-refractivity contribution in [3.05, 3.63) is 63.7 Å². The number of nitrogens with two attached hydrogens (primary N) is 1. The van der Waals surface area contributed by atoms with Crippen molar-refractivity contribution in [1.29, 1.82) is 0 Å². The van der Waals surface area contributed by atoms with E-state index >= 15 is 0 Å². The van der Waals surface area contributed by atoms with Gasteiger partial charge >= 0.3 is 0 Å². The number of primary sulfonamides is 1. The Morgan fingerprint density at radius 3 is 2.35 bits per heavy atom. The molecule has 0 aromatic heterocycles. The van der Waals surface area contributed by atoms with Gasteiger partial charge in [0.15, 0.2) is 0 Å². The number of hydrogen-bond acceptors (Lipinski definition) is 7. The summed E-state index contributed by atoms with van der Waals surface area (Å²) in [6.45, 7) is 5.17. The molecule has 10 nitrogen and oxygen atoms in total. The molecule has 0 radical (unpaired) electrons. The second-order valence-corrected chi connectivity index (χ2v) is 9.06. The van der Waals surface area contributed by atoms with Gasteiger partial charge in [-0.2, -0.15) is 0 Å². The van der Waals surface area contributed by atoms with Crippen molar-refractivity contribution in [3.63, 3.8) is 0 Å². The first-order valence-corrected chi connectivity index (χ1v) is 11.2. The third-order valence-corrected chi connectivity index (χ3v) is 5.80. The van der Waals surface area contributed by atoms with E-state index in [9.17, 15) is 23.3 Å². The number of carbonyl (C=O) groups excluding carboxylic acids is 1. The molecule has 2 unspecified atom stereocenters. The number of rotatable bonds is 6. The average molecular weight is 449 g/mol. The Kier molecular flexibility index (Phi) is 6.58. The number of sulfonamides is 1. The molecule has 31 heavy (non-hydrogen) atoms. The highest BCUT2D eigenvalue weighted by atomic mass is 32.2. The number of ether oxygens (including phenoxy) is 1. The zero-order valence-corrected chi connectivity index (χ0v) is 18.0. The molecule has 1 aliphatic rings. The first kappa shape index (κ1) is 22.7. The number of benzene rings is 2. The van der Waals surface area contributed by atoms with Crippen LogP contribution in [0.25, 0.3) is 0 Å². The SMILES string of the molecule is CC1CN(C(=O)c2ccc(CNc3ccc(S(N)(=O)=O)cc3[N+](=O)[O-])cc2)CC(C)O1. The Labute approximate surface area is 180 Å². The summed E-state index contributed by atoms with van der Waals surface area (Å²) in [4.78, 5) is 24.8. The molecule has 1 aliphatic heterocycles. The smallest absolute Gasteiger partial charge is 0.293 e. The molecule has 0 bridgehead atoms. The van der Waals surface area contributed by atoms with E-state index < -0.39 is 20.6 Å². The Bertz CT molecular complexity index is 1080. The summed E-state index contributed by atoms with van der Waals surface area (Å²) in [5, 5.41) is 19.3. The molecule has 1 amide bonds. The van der Waals surface area contributed by atoms with E-state index in [-0.39, 0.29) is 35.2 Å². The third-order valence-electron chi connectivity index (χ3n) is 4.89. The molecule has 3 N–H and O–H groups in total. The van der Waals surface area contributed by atoms with Gasteiger partial charge in [-0.3, -0.25) is 14.9 Å². The lowest BCUT2D eigenvalue weighted by atomic mass is 10.1. The summed E-state index contributed by atoms with van der Waals surface area (Å²) >= 11 is 0. The van der Waals surface area contributed by atoms with E-state index in [2.05, 4.69) is 5.32 Å². The number of nitro benzene ring substituents is 1. The minimum absolute atomic E-state index is 0.0207. The van der Waals surface area contributed by atoms with Crippen LogP contribution in [0.3, 0.4) is 0 Å². The maximum absolute atomic E-state index is 12.7. The van der Waals surface area contributed by atoms with E-state index in [1.54, 1.807) is 29.2 Å². The van der Waals surface area contributed by atoms with Gasteiger partial charge in [-0.15, -0.1) is 0 Å². The number of nitrogens with one attached hydrogen (secondary N) is 1. The maximum atomic E-state index is 12.7. The van der Waals surface area contributed by atoms with Crippen molar-refractivity contribution in [2.24, 2.45) is 5.14 Å². The van der Waals surface area contributed by atoms with E-state index in [4.69, 9.17) is 9.88 Å². The highest BCUT2D eigenvalue weighted by Gasteiger charge is 2.26. The molecule has 2 atom stereocenters. The van der Waals surface area contributed by atoms with E-state index in [0.717, 1.165) is 11.6 Å². The fraction of sp³-hybridized carbons (Fsp3) is 0.350. The van der Waals surface area contributed by atoms with Gasteiger partial charge in [0.1, 0.15) is 5.69 Å². The number of amides is 1. The zero-order chi connectivity index (χ0) is 22.8. The zero-order valence-electron chi connectivity index (χ0n) is 17.1. The molecular formula is C20H24N4O6S. The molecule has 1 fully saturated rings. The number of anilines is 1. The molecule has 166 valence electrons. The van der Waals surface area contributed by atoms with Crippen LogP contribution in [-0.2, 0) is 21.3 Å². The van der Waals surface area contributed by atoms with Crippen LogP contribution in [0.1, 0.15) is 29.8 Å². The van der Waals surface area contributed by atoms with Crippen molar-refractivity contribution >= 4 is 27.3 Å². The van der Waals surface area contributed by atoms with Crippen molar-refractivity contribution in [2.75, 3.05) is 18.4 Å². The van der Waals surface area contributed by atoms with Crippen molar-refractivity contribution in [1.82, 2.24) is 4.90 Å². The van der Waals surface area contributed by atoms with Crippen LogP contribution in [0.5, 0.6) is 0 Å². The molecule has 2 aromatic rings. The van der Waals surface area contributed by atoms with E-state index in [1.807, 2.05) is 13.8 Å². The van der Waals surface area contributed by atoms with Crippen LogP contribution in [0, 0.1) is 10.1 Å². The van der Waals surface area contributed by atoms with Crippen LogP contribution < -0.4 is 10.5 Å². The van der Waals surface area contributed by atoms with Crippen molar-refractivity contribution < 1.29 is 22.9 Å². The van der Waals surface area contributed by atoms with Gasteiger partial charge < -0.3 is 15.0 Å². The van der Waals surface area contributed by atoms with Crippen molar-refractivity contribution in [2.45, 2.75) is 37.5 Å². The van der Waals surface area contributed by atoms with Crippen LogP contribution in [0.15, 0.2) is 47.4 Å². The molecule has 1 heterocycles. The summed E-state index contributed by atoms with van der Waals surface area (Å²) in [6.07, 6.45) is -0.0415. The topological polar surface area (TPSA) is 145 Å². The monoisotopic (exact) mass is 448 g/mol.